The predicted molar refractivity (Wildman–Crippen MR) is 88.9 cm³/mol. The summed E-state index contributed by atoms with van der Waals surface area (Å²) in [5, 5.41) is 6.04. The number of benzene rings is 2. The number of hydrogen-bond acceptors (Lipinski definition) is 2. The molecule has 114 valence electrons. The van der Waals surface area contributed by atoms with Crippen molar-refractivity contribution in [3.8, 4) is 5.75 Å². The van der Waals surface area contributed by atoms with Gasteiger partial charge in [0.2, 0.25) is 0 Å². The normalized spacial score (nSPS) is 10.5. The van der Waals surface area contributed by atoms with Gasteiger partial charge in [0.05, 0.1) is 7.11 Å². The third kappa shape index (κ3) is 4.82. The molecule has 2 aromatic rings. The first-order chi connectivity index (χ1) is 10.7. The molecule has 0 saturated carbocycles. The first-order valence-corrected chi connectivity index (χ1v) is 7.15. The van der Waals surface area contributed by atoms with E-state index in [1.54, 1.807) is 25.5 Å². The molecule has 22 heavy (non-hydrogen) atoms. The topological polar surface area (TPSA) is 50.4 Å². The number of methoxy groups -OCH3 is 1. The summed E-state index contributed by atoms with van der Waals surface area (Å²) in [6, 6.07) is 14.6. The van der Waals surface area contributed by atoms with E-state index in [4.69, 9.17) is 16.3 Å². The molecule has 5 heteroatoms. The highest BCUT2D eigenvalue weighted by Crippen LogP contribution is 2.15. The molecule has 0 radical (unpaired) electrons. The minimum atomic E-state index is -0.279. The van der Waals surface area contributed by atoms with Crippen molar-refractivity contribution < 1.29 is 9.53 Å². The van der Waals surface area contributed by atoms with E-state index in [0.717, 1.165) is 16.9 Å². The summed E-state index contributed by atoms with van der Waals surface area (Å²) in [6.07, 6.45) is 3.31. The van der Waals surface area contributed by atoms with E-state index in [1.165, 1.54) is 0 Å². The highest BCUT2D eigenvalue weighted by Gasteiger charge is 1.99. The molecule has 0 aliphatic carbocycles. The number of halogens is 1. The molecule has 0 spiro atoms. The van der Waals surface area contributed by atoms with Crippen LogP contribution in [0, 0.1) is 0 Å². The number of ether oxygens (including phenoxy) is 1. The van der Waals surface area contributed by atoms with Crippen LogP contribution in [0.4, 0.5) is 4.79 Å². The summed E-state index contributed by atoms with van der Waals surface area (Å²) in [4.78, 5) is 11.7. The van der Waals surface area contributed by atoms with Crippen LogP contribution in [0.2, 0.25) is 5.02 Å². The van der Waals surface area contributed by atoms with Gasteiger partial charge in [0.1, 0.15) is 5.75 Å². The van der Waals surface area contributed by atoms with Crippen LogP contribution in [0.5, 0.6) is 5.75 Å². The molecule has 2 amide bonds. The molecule has 0 heterocycles. The predicted octanol–water partition coefficient (Wildman–Crippen LogP) is 3.82. The van der Waals surface area contributed by atoms with Crippen molar-refractivity contribution in [2.45, 2.75) is 6.54 Å². The van der Waals surface area contributed by atoms with E-state index in [0.29, 0.717) is 11.6 Å². The number of amides is 2. The summed E-state index contributed by atoms with van der Waals surface area (Å²) in [7, 11) is 1.62. The summed E-state index contributed by atoms with van der Waals surface area (Å²) < 4.78 is 5.08. The van der Waals surface area contributed by atoms with Crippen molar-refractivity contribution in [2.75, 3.05) is 7.11 Å². The average Bonchev–Trinajstić information content (AvgIpc) is 2.55. The molecule has 0 unspecified atom stereocenters. The molecule has 2 aromatic carbocycles. The Bertz CT molecular complexity index is 654. The lowest BCUT2D eigenvalue weighted by Gasteiger charge is -2.06. The van der Waals surface area contributed by atoms with Gasteiger partial charge in [0.15, 0.2) is 0 Å². The van der Waals surface area contributed by atoms with E-state index < -0.39 is 0 Å². The first-order valence-electron chi connectivity index (χ1n) is 6.77. The van der Waals surface area contributed by atoms with Crippen molar-refractivity contribution in [1.29, 1.82) is 0 Å². The fraction of sp³-hybridized carbons (Fsp3) is 0.118. The Kier molecular flexibility index (Phi) is 5.86. The average molecular weight is 317 g/mol. The maximum Gasteiger partial charge on any atom is 0.319 e. The minimum absolute atomic E-state index is 0.279. The molecule has 0 aliphatic rings. The zero-order chi connectivity index (χ0) is 15.8. The van der Waals surface area contributed by atoms with Gasteiger partial charge < -0.3 is 15.4 Å². The third-order valence-electron chi connectivity index (χ3n) is 2.99. The Morgan fingerprint density at radius 2 is 1.91 bits per heavy atom. The van der Waals surface area contributed by atoms with Gasteiger partial charge in [0.25, 0.3) is 0 Å². The lowest BCUT2D eigenvalue weighted by atomic mass is 10.2. The Hall–Kier alpha value is -2.46. The highest BCUT2D eigenvalue weighted by molar-refractivity contribution is 6.32. The molecule has 0 bridgehead atoms. The van der Waals surface area contributed by atoms with Crippen LogP contribution in [-0.2, 0) is 6.54 Å². The van der Waals surface area contributed by atoms with E-state index in [9.17, 15) is 4.79 Å². The van der Waals surface area contributed by atoms with E-state index in [1.807, 2.05) is 42.5 Å². The molecule has 0 saturated heterocycles. The highest BCUT2D eigenvalue weighted by atomic mass is 35.5. The van der Waals surface area contributed by atoms with Gasteiger partial charge in [-0.1, -0.05) is 41.9 Å². The van der Waals surface area contributed by atoms with Gasteiger partial charge in [-0.2, -0.15) is 0 Å². The van der Waals surface area contributed by atoms with Crippen LogP contribution < -0.4 is 15.4 Å². The van der Waals surface area contributed by atoms with Gasteiger partial charge in [-0.3, -0.25) is 0 Å². The van der Waals surface area contributed by atoms with E-state index >= 15 is 0 Å². The van der Waals surface area contributed by atoms with Crippen LogP contribution in [0.1, 0.15) is 11.1 Å². The number of urea groups is 1. The van der Waals surface area contributed by atoms with Crippen LogP contribution in [-0.4, -0.2) is 13.1 Å². The number of carbonyl (C=O) groups is 1. The molecule has 0 aliphatic heterocycles. The molecule has 4 nitrogen and oxygen atoms in total. The molecule has 2 N–H and O–H groups in total. The van der Waals surface area contributed by atoms with Crippen molar-refractivity contribution >= 4 is 23.7 Å². The van der Waals surface area contributed by atoms with E-state index in [2.05, 4.69) is 10.6 Å². The van der Waals surface area contributed by atoms with Gasteiger partial charge >= 0.3 is 6.03 Å². The summed E-state index contributed by atoms with van der Waals surface area (Å²) >= 11 is 6.02. The molecular formula is C17H17ClN2O2. The smallest absolute Gasteiger partial charge is 0.319 e. The van der Waals surface area contributed by atoms with Crippen molar-refractivity contribution in [2.24, 2.45) is 0 Å². The second-order valence-electron chi connectivity index (χ2n) is 4.53. The molecule has 0 fully saturated rings. The minimum Gasteiger partial charge on any atom is -0.497 e. The van der Waals surface area contributed by atoms with Crippen molar-refractivity contribution in [3.63, 3.8) is 0 Å². The van der Waals surface area contributed by atoms with Gasteiger partial charge in [-0.05, 0) is 35.4 Å². The summed E-state index contributed by atoms with van der Waals surface area (Å²) in [6.45, 7) is 0.440. The monoisotopic (exact) mass is 316 g/mol. The van der Waals surface area contributed by atoms with Crippen LogP contribution >= 0.6 is 11.6 Å². The van der Waals surface area contributed by atoms with Gasteiger partial charge in [-0.25, -0.2) is 4.79 Å². The zero-order valence-electron chi connectivity index (χ0n) is 12.2. The van der Waals surface area contributed by atoms with Crippen molar-refractivity contribution in [1.82, 2.24) is 10.6 Å². The largest absolute Gasteiger partial charge is 0.497 e. The second-order valence-corrected chi connectivity index (χ2v) is 4.94. The second kappa shape index (κ2) is 8.10. The van der Waals surface area contributed by atoms with E-state index in [-0.39, 0.29) is 6.03 Å². The Morgan fingerprint density at radius 1 is 1.18 bits per heavy atom. The zero-order valence-corrected chi connectivity index (χ0v) is 12.9. The number of rotatable bonds is 5. The lowest BCUT2D eigenvalue weighted by molar-refractivity contribution is 0.244. The van der Waals surface area contributed by atoms with Crippen LogP contribution in [0.3, 0.4) is 0 Å². The maximum absolute atomic E-state index is 11.7. The summed E-state index contributed by atoms with van der Waals surface area (Å²) in [5.74, 6) is 0.788. The Balaban J connectivity index is 1.79. The fourth-order valence-electron chi connectivity index (χ4n) is 1.79. The lowest BCUT2D eigenvalue weighted by Crippen LogP contribution is -2.31. The van der Waals surface area contributed by atoms with Crippen LogP contribution in [0.25, 0.3) is 6.08 Å². The summed E-state index contributed by atoms with van der Waals surface area (Å²) in [5.41, 5.74) is 1.84. The number of carbonyl (C=O) groups excluding carboxylic acids is 1. The van der Waals surface area contributed by atoms with Gasteiger partial charge in [0, 0.05) is 17.8 Å². The number of nitrogens with one attached hydrogen (secondary N) is 2. The quantitative estimate of drug-likeness (QED) is 0.881. The first kappa shape index (κ1) is 15.9. The maximum atomic E-state index is 11.7. The van der Waals surface area contributed by atoms with Crippen molar-refractivity contribution in [3.05, 3.63) is 70.9 Å². The molecule has 2 rings (SSSR count). The fourth-order valence-corrected chi connectivity index (χ4v) is 1.99. The molecule has 0 aromatic heterocycles. The van der Waals surface area contributed by atoms with Crippen LogP contribution in [0.15, 0.2) is 54.7 Å². The Morgan fingerprint density at radius 3 is 2.59 bits per heavy atom. The third-order valence-corrected chi connectivity index (χ3v) is 3.34. The standard InChI is InChI=1S/C17H17ClN2O2/c1-22-15-8-6-13(7-9-15)12-20-17(21)19-11-10-14-4-2-3-5-16(14)18/h2-11H,12H2,1H3,(H2,19,20,21)/b11-10+. The molecule has 0 atom stereocenters. The Labute approximate surface area is 134 Å². The molecular weight excluding hydrogens is 300 g/mol. The number of hydrogen-bond donors (Lipinski definition) is 2. The van der Waals surface area contributed by atoms with Gasteiger partial charge in [-0.15, -0.1) is 0 Å². The SMILES string of the molecule is COc1ccc(CNC(=O)N/C=C/c2ccccc2Cl)cc1.